The summed E-state index contributed by atoms with van der Waals surface area (Å²) in [4.78, 5) is 0. The second kappa shape index (κ2) is 4.01. The summed E-state index contributed by atoms with van der Waals surface area (Å²) in [5.41, 5.74) is 1.25. The van der Waals surface area contributed by atoms with Gasteiger partial charge in [-0.15, -0.1) is 0 Å². The van der Waals surface area contributed by atoms with E-state index in [1.54, 1.807) is 0 Å². The lowest BCUT2D eigenvalue weighted by molar-refractivity contribution is 0.0736. The van der Waals surface area contributed by atoms with E-state index < -0.39 is 0 Å². The van der Waals surface area contributed by atoms with Crippen LogP contribution in [0.4, 0.5) is 0 Å². The summed E-state index contributed by atoms with van der Waals surface area (Å²) in [6, 6.07) is 8.12. The molecule has 2 nitrogen and oxygen atoms in total. The molecule has 0 spiro atoms. The SMILES string of the molecule is CCOc1ccccc1C1CC(O)C1. The molecule has 2 rings (SSSR count). The lowest BCUT2D eigenvalue weighted by atomic mass is 9.77. The van der Waals surface area contributed by atoms with Crippen LogP contribution < -0.4 is 4.74 Å². The highest BCUT2D eigenvalue weighted by Gasteiger charge is 2.30. The smallest absolute Gasteiger partial charge is 0.122 e. The zero-order chi connectivity index (χ0) is 9.97. The third-order valence-electron chi connectivity index (χ3n) is 2.77. The fourth-order valence-electron chi connectivity index (χ4n) is 1.95. The van der Waals surface area contributed by atoms with Gasteiger partial charge in [-0.2, -0.15) is 0 Å². The Labute approximate surface area is 84.5 Å². The number of rotatable bonds is 3. The summed E-state index contributed by atoms with van der Waals surface area (Å²) in [6.45, 7) is 2.69. The zero-order valence-electron chi connectivity index (χ0n) is 8.44. The van der Waals surface area contributed by atoms with E-state index in [0.29, 0.717) is 12.5 Å². The summed E-state index contributed by atoms with van der Waals surface area (Å²) in [5, 5.41) is 9.26. The maximum absolute atomic E-state index is 9.26. The van der Waals surface area contributed by atoms with E-state index >= 15 is 0 Å². The Bertz CT molecular complexity index is 303. The first-order valence-electron chi connectivity index (χ1n) is 5.21. The van der Waals surface area contributed by atoms with Crippen molar-refractivity contribution in [3.8, 4) is 5.75 Å². The van der Waals surface area contributed by atoms with E-state index in [2.05, 4.69) is 6.07 Å². The average Bonchev–Trinajstić information content (AvgIpc) is 2.15. The molecule has 0 amide bonds. The molecule has 14 heavy (non-hydrogen) atoms. The fourth-order valence-corrected chi connectivity index (χ4v) is 1.95. The fraction of sp³-hybridized carbons (Fsp3) is 0.500. The van der Waals surface area contributed by atoms with Crippen LogP contribution >= 0.6 is 0 Å². The summed E-state index contributed by atoms with van der Waals surface area (Å²) in [6.07, 6.45) is 1.66. The third kappa shape index (κ3) is 1.75. The molecule has 0 bridgehead atoms. The molecule has 0 aromatic heterocycles. The van der Waals surface area contributed by atoms with Crippen LogP contribution in [0.25, 0.3) is 0 Å². The second-order valence-corrected chi connectivity index (χ2v) is 3.79. The number of aliphatic hydroxyl groups excluding tert-OH is 1. The van der Waals surface area contributed by atoms with Crippen molar-refractivity contribution in [3.05, 3.63) is 29.8 Å². The Morgan fingerprint density at radius 1 is 1.36 bits per heavy atom. The van der Waals surface area contributed by atoms with Gasteiger partial charge in [0.1, 0.15) is 5.75 Å². The van der Waals surface area contributed by atoms with E-state index in [9.17, 15) is 5.11 Å². The second-order valence-electron chi connectivity index (χ2n) is 3.79. The van der Waals surface area contributed by atoms with Gasteiger partial charge in [0.2, 0.25) is 0 Å². The molecule has 0 radical (unpaired) electrons. The van der Waals surface area contributed by atoms with E-state index in [-0.39, 0.29) is 6.10 Å². The highest BCUT2D eigenvalue weighted by Crippen LogP contribution is 2.40. The number of para-hydroxylation sites is 1. The number of aliphatic hydroxyl groups is 1. The topological polar surface area (TPSA) is 29.5 Å². The summed E-state index contributed by atoms with van der Waals surface area (Å²) >= 11 is 0. The number of hydrogen-bond acceptors (Lipinski definition) is 2. The number of ether oxygens (including phenoxy) is 1. The molecule has 1 aliphatic rings. The van der Waals surface area contributed by atoms with Crippen molar-refractivity contribution < 1.29 is 9.84 Å². The lowest BCUT2D eigenvalue weighted by Gasteiger charge is -2.32. The maximum atomic E-state index is 9.26. The van der Waals surface area contributed by atoms with Crippen LogP contribution in [-0.2, 0) is 0 Å². The summed E-state index contributed by atoms with van der Waals surface area (Å²) in [5.74, 6) is 1.47. The predicted octanol–water partition coefficient (Wildman–Crippen LogP) is 2.32. The van der Waals surface area contributed by atoms with Crippen LogP contribution in [-0.4, -0.2) is 17.8 Å². The van der Waals surface area contributed by atoms with Gasteiger partial charge >= 0.3 is 0 Å². The van der Waals surface area contributed by atoms with E-state index in [1.165, 1.54) is 5.56 Å². The van der Waals surface area contributed by atoms with Gasteiger partial charge in [-0.25, -0.2) is 0 Å². The van der Waals surface area contributed by atoms with E-state index in [4.69, 9.17) is 4.74 Å². The molecule has 2 heteroatoms. The molecule has 0 atom stereocenters. The van der Waals surface area contributed by atoms with E-state index in [0.717, 1.165) is 18.6 Å². The zero-order valence-corrected chi connectivity index (χ0v) is 8.44. The molecule has 1 aliphatic carbocycles. The number of hydrogen-bond donors (Lipinski definition) is 1. The molecule has 0 heterocycles. The largest absolute Gasteiger partial charge is 0.494 e. The molecule has 0 saturated heterocycles. The van der Waals surface area contributed by atoms with Gasteiger partial charge in [-0.05, 0) is 37.3 Å². The molecule has 0 unspecified atom stereocenters. The maximum Gasteiger partial charge on any atom is 0.122 e. The van der Waals surface area contributed by atoms with Crippen molar-refractivity contribution in [2.24, 2.45) is 0 Å². The molecule has 1 aromatic carbocycles. The minimum Gasteiger partial charge on any atom is -0.494 e. The quantitative estimate of drug-likeness (QED) is 0.796. The normalized spacial score (nSPS) is 25.6. The van der Waals surface area contributed by atoms with Gasteiger partial charge in [-0.3, -0.25) is 0 Å². The molecular formula is C12H16O2. The van der Waals surface area contributed by atoms with Gasteiger partial charge in [0.15, 0.2) is 0 Å². The molecule has 1 N–H and O–H groups in total. The van der Waals surface area contributed by atoms with Gasteiger partial charge in [0.25, 0.3) is 0 Å². The Balaban J connectivity index is 2.15. The van der Waals surface area contributed by atoms with Crippen LogP contribution in [0.15, 0.2) is 24.3 Å². The van der Waals surface area contributed by atoms with Crippen LogP contribution in [0.1, 0.15) is 31.2 Å². The standard InChI is InChI=1S/C12H16O2/c1-2-14-12-6-4-3-5-11(12)9-7-10(13)8-9/h3-6,9-10,13H,2,7-8H2,1H3. The van der Waals surface area contributed by atoms with Crippen LogP contribution in [0, 0.1) is 0 Å². The monoisotopic (exact) mass is 192 g/mol. The first-order chi connectivity index (χ1) is 6.81. The number of benzene rings is 1. The first-order valence-corrected chi connectivity index (χ1v) is 5.21. The summed E-state index contributed by atoms with van der Waals surface area (Å²) in [7, 11) is 0. The Morgan fingerprint density at radius 3 is 2.71 bits per heavy atom. The van der Waals surface area contributed by atoms with Gasteiger partial charge in [-0.1, -0.05) is 18.2 Å². The minimum atomic E-state index is -0.102. The highest BCUT2D eigenvalue weighted by atomic mass is 16.5. The molecule has 1 saturated carbocycles. The third-order valence-corrected chi connectivity index (χ3v) is 2.77. The van der Waals surface area contributed by atoms with Crippen molar-refractivity contribution in [2.75, 3.05) is 6.61 Å². The summed E-state index contributed by atoms with van der Waals surface area (Å²) < 4.78 is 5.55. The molecule has 76 valence electrons. The predicted molar refractivity (Wildman–Crippen MR) is 55.6 cm³/mol. The molecular weight excluding hydrogens is 176 g/mol. The average molecular weight is 192 g/mol. The lowest BCUT2D eigenvalue weighted by Crippen LogP contribution is -2.26. The van der Waals surface area contributed by atoms with Crippen LogP contribution in [0.5, 0.6) is 5.75 Å². The van der Waals surface area contributed by atoms with E-state index in [1.807, 2.05) is 25.1 Å². The van der Waals surface area contributed by atoms with Crippen molar-refractivity contribution in [1.82, 2.24) is 0 Å². The van der Waals surface area contributed by atoms with Crippen molar-refractivity contribution in [2.45, 2.75) is 31.8 Å². The Hall–Kier alpha value is -1.02. The van der Waals surface area contributed by atoms with Crippen LogP contribution in [0.2, 0.25) is 0 Å². The Morgan fingerprint density at radius 2 is 2.07 bits per heavy atom. The highest BCUT2D eigenvalue weighted by molar-refractivity contribution is 5.37. The first kappa shape index (κ1) is 9.53. The van der Waals surface area contributed by atoms with Crippen molar-refractivity contribution in [1.29, 1.82) is 0 Å². The van der Waals surface area contributed by atoms with Gasteiger partial charge in [0, 0.05) is 0 Å². The van der Waals surface area contributed by atoms with Crippen molar-refractivity contribution >= 4 is 0 Å². The molecule has 1 fully saturated rings. The minimum absolute atomic E-state index is 0.102. The Kier molecular flexibility index (Phi) is 2.73. The molecule has 0 aliphatic heterocycles. The van der Waals surface area contributed by atoms with Gasteiger partial charge < -0.3 is 9.84 Å². The molecule has 1 aromatic rings. The van der Waals surface area contributed by atoms with Gasteiger partial charge in [0.05, 0.1) is 12.7 Å². The van der Waals surface area contributed by atoms with Crippen molar-refractivity contribution in [3.63, 3.8) is 0 Å². The van der Waals surface area contributed by atoms with Crippen LogP contribution in [0.3, 0.4) is 0 Å².